The summed E-state index contributed by atoms with van der Waals surface area (Å²) in [4.78, 5) is 0. The molecule has 112 valence electrons. The number of ether oxygens (including phenoxy) is 1. The number of benzene rings is 2. The highest BCUT2D eigenvalue weighted by molar-refractivity contribution is 6.31. The molecule has 0 aliphatic heterocycles. The highest BCUT2D eigenvalue weighted by atomic mass is 35.5. The molecular weight excluding hydrogens is 284 g/mol. The van der Waals surface area contributed by atoms with Crippen molar-refractivity contribution in [3.8, 4) is 5.75 Å². The molecule has 0 saturated carbocycles. The van der Waals surface area contributed by atoms with Crippen LogP contribution in [0.5, 0.6) is 5.75 Å². The Balaban J connectivity index is 1.87. The predicted molar refractivity (Wildman–Crippen MR) is 90.4 cm³/mol. The Morgan fingerprint density at radius 3 is 2.57 bits per heavy atom. The van der Waals surface area contributed by atoms with E-state index in [0.717, 1.165) is 28.4 Å². The van der Waals surface area contributed by atoms with E-state index in [1.165, 1.54) is 5.56 Å². The van der Waals surface area contributed by atoms with Crippen molar-refractivity contribution in [3.63, 3.8) is 0 Å². The van der Waals surface area contributed by atoms with Crippen molar-refractivity contribution in [1.82, 2.24) is 0 Å². The van der Waals surface area contributed by atoms with Gasteiger partial charge in [-0.3, -0.25) is 0 Å². The summed E-state index contributed by atoms with van der Waals surface area (Å²) in [5, 5.41) is 4.01. The highest BCUT2D eigenvalue weighted by Crippen LogP contribution is 2.27. The van der Waals surface area contributed by atoms with E-state index < -0.39 is 0 Å². The molecule has 0 aromatic heterocycles. The molecular formula is C17H21ClN2O. The summed E-state index contributed by atoms with van der Waals surface area (Å²) < 4.78 is 5.67. The Bertz CT molecular complexity index is 596. The van der Waals surface area contributed by atoms with Crippen molar-refractivity contribution in [2.75, 3.05) is 24.2 Å². The molecule has 0 amide bonds. The van der Waals surface area contributed by atoms with Crippen LogP contribution in [0.3, 0.4) is 0 Å². The van der Waals surface area contributed by atoms with Gasteiger partial charge in [0.25, 0.3) is 0 Å². The molecule has 0 saturated heterocycles. The number of rotatable bonds is 6. The maximum Gasteiger partial charge on any atom is 0.119 e. The van der Waals surface area contributed by atoms with Gasteiger partial charge >= 0.3 is 0 Å². The lowest BCUT2D eigenvalue weighted by molar-refractivity contribution is 0.333. The lowest BCUT2D eigenvalue weighted by Crippen LogP contribution is -2.12. The number of nitrogen functional groups attached to an aromatic ring is 1. The average Bonchev–Trinajstić information content (AvgIpc) is 2.47. The third-order valence-electron chi connectivity index (χ3n) is 3.31. The summed E-state index contributed by atoms with van der Waals surface area (Å²) in [6, 6.07) is 11.8. The fourth-order valence-electron chi connectivity index (χ4n) is 2.05. The molecule has 2 aromatic carbocycles. The molecule has 3 N–H and O–H groups in total. The molecule has 0 spiro atoms. The molecule has 4 heteroatoms. The fourth-order valence-corrected chi connectivity index (χ4v) is 2.35. The SMILES string of the molecule is CCc1cc(NCCOc2ccc(C)cc2)c(N)cc1Cl. The summed E-state index contributed by atoms with van der Waals surface area (Å²) in [5.41, 5.74) is 9.85. The van der Waals surface area contributed by atoms with Crippen LogP contribution >= 0.6 is 11.6 Å². The van der Waals surface area contributed by atoms with E-state index >= 15 is 0 Å². The Kier molecular flexibility index (Phi) is 5.34. The van der Waals surface area contributed by atoms with Crippen LogP contribution in [-0.4, -0.2) is 13.2 Å². The van der Waals surface area contributed by atoms with Crippen LogP contribution in [0.4, 0.5) is 11.4 Å². The van der Waals surface area contributed by atoms with Crippen LogP contribution in [0.25, 0.3) is 0 Å². The molecule has 2 rings (SSSR count). The minimum Gasteiger partial charge on any atom is -0.492 e. The normalized spacial score (nSPS) is 10.4. The second-order valence-electron chi connectivity index (χ2n) is 4.97. The third kappa shape index (κ3) is 4.30. The van der Waals surface area contributed by atoms with Gasteiger partial charge in [-0.05, 0) is 43.2 Å². The number of anilines is 2. The van der Waals surface area contributed by atoms with Crippen LogP contribution < -0.4 is 15.8 Å². The molecule has 0 fully saturated rings. The second-order valence-corrected chi connectivity index (χ2v) is 5.38. The monoisotopic (exact) mass is 304 g/mol. The van der Waals surface area contributed by atoms with Crippen molar-refractivity contribution in [1.29, 1.82) is 0 Å². The largest absolute Gasteiger partial charge is 0.492 e. The molecule has 0 unspecified atom stereocenters. The number of aryl methyl sites for hydroxylation is 2. The van der Waals surface area contributed by atoms with Gasteiger partial charge in [0, 0.05) is 11.6 Å². The number of hydrogen-bond acceptors (Lipinski definition) is 3. The van der Waals surface area contributed by atoms with Crippen LogP contribution in [0.15, 0.2) is 36.4 Å². The zero-order valence-corrected chi connectivity index (χ0v) is 13.2. The summed E-state index contributed by atoms with van der Waals surface area (Å²) in [6.45, 7) is 5.39. The fraction of sp³-hybridized carbons (Fsp3) is 0.294. The summed E-state index contributed by atoms with van der Waals surface area (Å²) in [7, 11) is 0. The first-order chi connectivity index (χ1) is 10.1. The second kappa shape index (κ2) is 7.23. The van der Waals surface area contributed by atoms with E-state index in [2.05, 4.69) is 19.2 Å². The van der Waals surface area contributed by atoms with Gasteiger partial charge < -0.3 is 15.8 Å². The summed E-state index contributed by atoms with van der Waals surface area (Å²) in [6.07, 6.45) is 0.883. The molecule has 0 aliphatic carbocycles. The van der Waals surface area contributed by atoms with E-state index in [1.807, 2.05) is 30.3 Å². The number of hydrogen-bond donors (Lipinski definition) is 2. The third-order valence-corrected chi connectivity index (χ3v) is 3.66. The van der Waals surface area contributed by atoms with Crippen molar-refractivity contribution >= 4 is 23.0 Å². The molecule has 0 atom stereocenters. The van der Waals surface area contributed by atoms with Gasteiger partial charge in [0.1, 0.15) is 12.4 Å². The van der Waals surface area contributed by atoms with Crippen molar-refractivity contribution in [2.24, 2.45) is 0 Å². The number of nitrogens with one attached hydrogen (secondary N) is 1. The maximum atomic E-state index is 6.12. The minimum absolute atomic E-state index is 0.576. The van der Waals surface area contributed by atoms with Gasteiger partial charge in [-0.2, -0.15) is 0 Å². The highest BCUT2D eigenvalue weighted by Gasteiger charge is 2.05. The van der Waals surface area contributed by atoms with E-state index in [9.17, 15) is 0 Å². The minimum atomic E-state index is 0.576. The summed E-state index contributed by atoms with van der Waals surface area (Å²) >= 11 is 6.12. The van der Waals surface area contributed by atoms with Crippen LogP contribution in [0, 0.1) is 6.92 Å². The van der Waals surface area contributed by atoms with Gasteiger partial charge in [-0.1, -0.05) is 36.2 Å². The van der Waals surface area contributed by atoms with E-state index in [-0.39, 0.29) is 0 Å². The van der Waals surface area contributed by atoms with E-state index in [4.69, 9.17) is 22.1 Å². The van der Waals surface area contributed by atoms with Crippen LogP contribution in [0.1, 0.15) is 18.1 Å². The van der Waals surface area contributed by atoms with Gasteiger partial charge in [-0.15, -0.1) is 0 Å². The smallest absolute Gasteiger partial charge is 0.119 e. The van der Waals surface area contributed by atoms with Crippen molar-refractivity contribution < 1.29 is 4.74 Å². The van der Waals surface area contributed by atoms with Gasteiger partial charge in [0.15, 0.2) is 0 Å². The van der Waals surface area contributed by atoms with E-state index in [0.29, 0.717) is 18.8 Å². The molecule has 0 bridgehead atoms. The topological polar surface area (TPSA) is 47.3 Å². The molecule has 3 nitrogen and oxygen atoms in total. The lowest BCUT2D eigenvalue weighted by Gasteiger charge is -2.13. The maximum absolute atomic E-state index is 6.12. The van der Waals surface area contributed by atoms with Crippen molar-refractivity contribution in [2.45, 2.75) is 20.3 Å². The first kappa shape index (κ1) is 15.5. The Labute approximate surface area is 131 Å². The van der Waals surface area contributed by atoms with Crippen LogP contribution in [0.2, 0.25) is 5.02 Å². The Morgan fingerprint density at radius 1 is 1.19 bits per heavy atom. The average molecular weight is 305 g/mol. The van der Waals surface area contributed by atoms with Crippen LogP contribution in [-0.2, 0) is 6.42 Å². The van der Waals surface area contributed by atoms with Gasteiger partial charge in [0.2, 0.25) is 0 Å². The zero-order chi connectivity index (χ0) is 15.2. The Morgan fingerprint density at radius 2 is 1.90 bits per heavy atom. The zero-order valence-electron chi connectivity index (χ0n) is 12.4. The summed E-state index contributed by atoms with van der Waals surface area (Å²) in [5.74, 6) is 0.876. The van der Waals surface area contributed by atoms with E-state index in [1.54, 1.807) is 6.07 Å². The quantitative estimate of drug-likeness (QED) is 0.618. The van der Waals surface area contributed by atoms with Gasteiger partial charge in [0.05, 0.1) is 11.4 Å². The first-order valence-corrected chi connectivity index (χ1v) is 7.49. The van der Waals surface area contributed by atoms with Gasteiger partial charge in [-0.25, -0.2) is 0 Å². The first-order valence-electron chi connectivity index (χ1n) is 7.11. The Hall–Kier alpha value is -1.87. The lowest BCUT2D eigenvalue weighted by atomic mass is 10.1. The molecule has 21 heavy (non-hydrogen) atoms. The molecule has 2 aromatic rings. The molecule has 0 heterocycles. The number of nitrogens with two attached hydrogens (primary N) is 1. The molecule has 0 radical (unpaired) electrons. The predicted octanol–water partition coefficient (Wildman–Crippen LogP) is 4.28. The van der Waals surface area contributed by atoms with Crippen molar-refractivity contribution in [3.05, 3.63) is 52.5 Å². The standard InChI is InChI=1S/C17H21ClN2O/c1-3-13-10-17(16(19)11-15(13)18)20-8-9-21-14-6-4-12(2)5-7-14/h4-7,10-11,20H,3,8-9,19H2,1-2H3. The number of halogens is 1. The molecule has 0 aliphatic rings.